The average Bonchev–Trinajstić information content (AvgIpc) is 2.45. The highest BCUT2D eigenvalue weighted by atomic mass is 14.2. The van der Waals surface area contributed by atoms with Crippen LogP contribution in [0.1, 0.15) is 63.9 Å². The van der Waals surface area contributed by atoms with E-state index >= 15 is 0 Å². The van der Waals surface area contributed by atoms with Gasteiger partial charge in [0.1, 0.15) is 0 Å². The van der Waals surface area contributed by atoms with E-state index in [2.05, 4.69) is 37.3 Å². The van der Waals surface area contributed by atoms with Gasteiger partial charge in [0, 0.05) is 0 Å². The molecule has 0 amide bonds. The lowest BCUT2D eigenvalue weighted by molar-refractivity contribution is 0.274. The molecule has 2 rings (SSSR count). The third kappa shape index (κ3) is 4.48. The first-order valence-corrected chi connectivity index (χ1v) is 7.92. The second kappa shape index (κ2) is 7.61. The average molecular weight is 244 g/mol. The highest BCUT2D eigenvalue weighted by Crippen LogP contribution is 2.31. The van der Waals surface area contributed by atoms with E-state index in [4.69, 9.17) is 0 Å². The van der Waals surface area contributed by atoms with Gasteiger partial charge in [-0.2, -0.15) is 0 Å². The van der Waals surface area contributed by atoms with E-state index < -0.39 is 0 Å². The van der Waals surface area contributed by atoms with Crippen LogP contribution in [0.25, 0.3) is 0 Å². The van der Waals surface area contributed by atoms with Crippen LogP contribution >= 0.6 is 0 Å². The Bertz CT molecular complexity index is 308. The molecule has 0 aliphatic heterocycles. The van der Waals surface area contributed by atoms with Crippen molar-refractivity contribution < 1.29 is 0 Å². The van der Waals surface area contributed by atoms with Crippen LogP contribution in [-0.4, -0.2) is 0 Å². The molecule has 0 saturated heterocycles. The van der Waals surface area contributed by atoms with Gasteiger partial charge in [0.15, 0.2) is 0 Å². The molecule has 1 aromatic rings. The summed E-state index contributed by atoms with van der Waals surface area (Å²) >= 11 is 0. The minimum atomic E-state index is 0.952. The standard InChI is InChI=1S/C18H28/c1-2-16(15-18-11-7-4-8-12-18)13-14-17-9-5-3-6-10-17/h3,5-6,9-10,16,18H,2,4,7-8,11-15H2,1H3. The van der Waals surface area contributed by atoms with Crippen molar-refractivity contribution in [1.82, 2.24) is 0 Å². The Morgan fingerprint density at radius 2 is 1.78 bits per heavy atom. The van der Waals surface area contributed by atoms with E-state index in [0.717, 1.165) is 11.8 Å². The summed E-state index contributed by atoms with van der Waals surface area (Å²) < 4.78 is 0. The molecule has 0 heterocycles. The summed E-state index contributed by atoms with van der Waals surface area (Å²) in [6.45, 7) is 2.37. The maximum absolute atomic E-state index is 2.37. The minimum absolute atomic E-state index is 0.952. The van der Waals surface area contributed by atoms with Gasteiger partial charge in [-0.15, -0.1) is 0 Å². The first-order chi connectivity index (χ1) is 8.88. The van der Waals surface area contributed by atoms with Crippen LogP contribution in [0, 0.1) is 11.8 Å². The second-order valence-electron chi connectivity index (χ2n) is 6.04. The molecule has 0 bridgehead atoms. The van der Waals surface area contributed by atoms with Crippen molar-refractivity contribution in [3.8, 4) is 0 Å². The van der Waals surface area contributed by atoms with Crippen LogP contribution in [-0.2, 0) is 6.42 Å². The summed E-state index contributed by atoms with van der Waals surface area (Å²) in [5, 5.41) is 0. The Labute approximate surface area is 113 Å². The second-order valence-corrected chi connectivity index (χ2v) is 6.04. The molecule has 1 aliphatic carbocycles. The van der Waals surface area contributed by atoms with Crippen molar-refractivity contribution in [3.63, 3.8) is 0 Å². The summed E-state index contributed by atoms with van der Waals surface area (Å²) in [6.07, 6.45) is 13.0. The lowest BCUT2D eigenvalue weighted by Gasteiger charge is -2.26. The van der Waals surface area contributed by atoms with E-state index in [1.54, 1.807) is 0 Å². The summed E-state index contributed by atoms with van der Waals surface area (Å²) in [6, 6.07) is 11.0. The van der Waals surface area contributed by atoms with Crippen LogP contribution in [0.3, 0.4) is 0 Å². The molecular weight excluding hydrogens is 216 g/mol. The van der Waals surface area contributed by atoms with E-state index in [0.29, 0.717) is 0 Å². The van der Waals surface area contributed by atoms with Gasteiger partial charge in [-0.3, -0.25) is 0 Å². The summed E-state index contributed by atoms with van der Waals surface area (Å²) in [4.78, 5) is 0. The first kappa shape index (κ1) is 13.6. The number of rotatable bonds is 6. The van der Waals surface area contributed by atoms with Crippen molar-refractivity contribution in [1.29, 1.82) is 0 Å². The monoisotopic (exact) mass is 244 g/mol. The number of benzene rings is 1. The zero-order valence-corrected chi connectivity index (χ0v) is 11.9. The molecule has 100 valence electrons. The first-order valence-electron chi connectivity index (χ1n) is 7.92. The molecule has 1 saturated carbocycles. The highest BCUT2D eigenvalue weighted by molar-refractivity contribution is 5.14. The molecule has 1 atom stereocenters. The molecule has 0 aromatic heterocycles. The highest BCUT2D eigenvalue weighted by Gasteiger charge is 2.17. The maximum Gasteiger partial charge on any atom is -0.0276 e. The van der Waals surface area contributed by atoms with E-state index in [1.807, 2.05) is 0 Å². The van der Waals surface area contributed by atoms with Crippen molar-refractivity contribution in [3.05, 3.63) is 35.9 Å². The van der Waals surface area contributed by atoms with Gasteiger partial charge in [-0.05, 0) is 36.7 Å². The Kier molecular flexibility index (Phi) is 5.77. The molecule has 1 fully saturated rings. The van der Waals surface area contributed by atoms with Crippen molar-refractivity contribution in [2.45, 2.75) is 64.7 Å². The Morgan fingerprint density at radius 1 is 1.06 bits per heavy atom. The third-order valence-electron chi connectivity index (χ3n) is 4.65. The zero-order chi connectivity index (χ0) is 12.6. The molecule has 0 nitrogen and oxygen atoms in total. The van der Waals surface area contributed by atoms with Gasteiger partial charge in [0.2, 0.25) is 0 Å². The molecule has 0 N–H and O–H groups in total. The van der Waals surface area contributed by atoms with Crippen LogP contribution in [0.5, 0.6) is 0 Å². The predicted octanol–water partition coefficient (Wildman–Crippen LogP) is 5.62. The van der Waals surface area contributed by atoms with Crippen LogP contribution in [0.15, 0.2) is 30.3 Å². The fourth-order valence-electron chi connectivity index (χ4n) is 3.40. The number of aryl methyl sites for hydroxylation is 1. The summed E-state index contributed by atoms with van der Waals surface area (Å²) in [5.41, 5.74) is 1.51. The van der Waals surface area contributed by atoms with Gasteiger partial charge >= 0.3 is 0 Å². The van der Waals surface area contributed by atoms with Crippen molar-refractivity contribution >= 4 is 0 Å². The summed E-state index contributed by atoms with van der Waals surface area (Å²) in [5.74, 6) is 1.99. The Morgan fingerprint density at radius 3 is 2.44 bits per heavy atom. The van der Waals surface area contributed by atoms with E-state index in [9.17, 15) is 0 Å². The van der Waals surface area contributed by atoms with Gasteiger partial charge in [0.05, 0.1) is 0 Å². The fourth-order valence-corrected chi connectivity index (χ4v) is 3.40. The van der Waals surface area contributed by atoms with Crippen molar-refractivity contribution in [2.24, 2.45) is 11.8 Å². The molecule has 18 heavy (non-hydrogen) atoms. The van der Waals surface area contributed by atoms with Gasteiger partial charge in [0.25, 0.3) is 0 Å². The molecular formula is C18H28. The largest absolute Gasteiger partial charge is 0.0651 e. The Balaban J connectivity index is 1.74. The third-order valence-corrected chi connectivity index (χ3v) is 4.65. The quantitative estimate of drug-likeness (QED) is 0.609. The zero-order valence-electron chi connectivity index (χ0n) is 11.9. The van der Waals surface area contributed by atoms with E-state index in [-0.39, 0.29) is 0 Å². The van der Waals surface area contributed by atoms with Crippen LogP contribution in [0.2, 0.25) is 0 Å². The number of hydrogen-bond acceptors (Lipinski definition) is 0. The van der Waals surface area contributed by atoms with Gasteiger partial charge < -0.3 is 0 Å². The smallest absolute Gasteiger partial charge is 0.0276 e. The number of hydrogen-bond donors (Lipinski definition) is 0. The lowest BCUT2D eigenvalue weighted by Crippen LogP contribution is -2.12. The molecule has 0 heteroatoms. The molecule has 0 spiro atoms. The predicted molar refractivity (Wildman–Crippen MR) is 79.7 cm³/mol. The molecule has 0 radical (unpaired) electrons. The fraction of sp³-hybridized carbons (Fsp3) is 0.667. The summed E-state index contributed by atoms with van der Waals surface area (Å²) in [7, 11) is 0. The molecule has 1 unspecified atom stereocenters. The van der Waals surface area contributed by atoms with Crippen LogP contribution in [0.4, 0.5) is 0 Å². The molecule has 1 aliphatic rings. The molecule has 1 aromatic carbocycles. The van der Waals surface area contributed by atoms with Crippen LogP contribution < -0.4 is 0 Å². The topological polar surface area (TPSA) is 0 Å². The maximum atomic E-state index is 2.37. The normalized spacial score (nSPS) is 18.7. The van der Waals surface area contributed by atoms with Gasteiger partial charge in [-0.25, -0.2) is 0 Å². The van der Waals surface area contributed by atoms with E-state index in [1.165, 1.54) is 63.4 Å². The minimum Gasteiger partial charge on any atom is -0.0651 e. The van der Waals surface area contributed by atoms with Gasteiger partial charge in [-0.1, -0.05) is 75.8 Å². The SMILES string of the molecule is CCC(CCc1ccccc1)CC1CCCCC1. The lowest BCUT2D eigenvalue weighted by atomic mass is 9.80. The Hall–Kier alpha value is -0.780. The van der Waals surface area contributed by atoms with Crippen molar-refractivity contribution in [2.75, 3.05) is 0 Å².